The van der Waals surface area contributed by atoms with Crippen molar-refractivity contribution in [1.82, 2.24) is 14.8 Å². The van der Waals surface area contributed by atoms with Gasteiger partial charge in [-0.3, -0.25) is 4.68 Å². The van der Waals surface area contributed by atoms with Crippen LogP contribution in [-0.2, 0) is 7.05 Å². The van der Waals surface area contributed by atoms with Crippen molar-refractivity contribution in [2.75, 3.05) is 5.73 Å². The van der Waals surface area contributed by atoms with Crippen LogP contribution in [0.15, 0.2) is 17.6 Å². The maximum atomic E-state index is 5.62. The summed E-state index contributed by atoms with van der Waals surface area (Å²) in [6, 6.07) is 1.82. The second-order valence-electron chi connectivity index (χ2n) is 2.42. The third-order valence-electron chi connectivity index (χ3n) is 1.57. The Morgan fingerprint density at radius 2 is 2.42 bits per heavy atom. The first-order valence-corrected chi connectivity index (χ1v) is 4.35. The van der Waals surface area contributed by atoms with Crippen molar-refractivity contribution in [3.8, 4) is 10.7 Å². The van der Waals surface area contributed by atoms with Crippen molar-refractivity contribution in [2.24, 2.45) is 7.05 Å². The van der Waals surface area contributed by atoms with E-state index in [9.17, 15) is 0 Å². The Bertz CT molecular complexity index is 357. The van der Waals surface area contributed by atoms with E-state index in [1.807, 2.05) is 18.5 Å². The lowest BCUT2D eigenvalue weighted by Crippen LogP contribution is -1.96. The van der Waals surface area contributed by atoms with E-state index >= 15 is 0 Å². The standard InChI is InChI=1S/C7H8N4S/c1-11-6(8)4-5(10-11)7-9-2-3-12-7/h2-4H,8H2,1H3. The van der Waals surface area contributed by atoms with E-state index in [1.165, 1.54) is 0 Å². The quantitative estimate of drug-likeness (QED) is 0.715. The van der Waals surface area contributed by atoms with E-state index in [1.54, 1.807) is 22.2 Å². The van der Waals surface area contributed by atoms with Gasteiger partial charge in [0, 0.05) is 24.7 Å². The van der Waals surface area contributed by atoms with Gasteiger partial charge in [-0.05, 0) is 0 Å². The first-order valence-electron chi connectivity index (χ1n) is 3.47. The number of nitrogens with zero attached hydrogens (tertiary/aromatic N) is 3. The fourth-order valence-corrected chi connectivity index (χ4v) is 1.53. The third-order valence-corrected chi connectivity index (χ3v) is 2.36. The number of nitrogens with two attached hydrogens (primary N) is 1. The molecule has 2 aromatic rings. The molecule has 4 nitrogen and oxygen atoms in total. The van der Waals surface area contributed by atoms with E-state index in [0.717, 1.165) is 10.7 Å². The molecule has 0 aliphatic rings. The van der Waals surface area contributed by atoms with Crippen molar-refractivity contribution in [1.29, 1.82) is 0 Å². The van der Waals surface area contributed by atoms with Crippen molar-refractivity contribution in [3.05, 3.63) is 17.6 Å². The van der Waals surface area contributed by atoms with Crippen molar-refractivity contribution in [2.45, 2.75) is 0 Å². The monoisotopic (exact) mass is 180 g/mol. The molecule has 0 aliphatic carbocycles. The van der Waals surface area contributed by atoms with Crippen molar-refractivity contribution in [3.63, 3.8) is 0 Å². The fourth-order valence-electron chi connectivity index (χ4n) is 0.936. The van der Waals surface area contributed by atoms with Crippen LogP contribution in [0, 0.1) is 0 Å². The van der Waals surface area contributed by atoms with Crippen LogP contribution in [0.5, 0.6) is 0 Å². The van der Waals surface area contributed by atoms with Gasteiger partial charge in [-0.1, -0.05) is 0 Å². The van der Waals surface area contributed by atoms with Gasteiger partial charge in [-0.15, -0.1) is 11.3 Å². The summed E-state index contributed by atoms with van der Waals surface area (Å²) in [5, 5.41) is 7.01. The Hall–Kier alpha value is -1.36. The molecule has 12 heavy (non-hydrogen) atoms. The Morgan fingerprint density at radius 3 is 2.92 bits per heavy atom. The lowest BCUT2D eigenvalue weighted by molar-refractivity contribution is 0.782. The number of hydrogen-bond acceptors (Lipinski definition) is 4. The van der Waals surface area contributed by atoms with Crippen LogP contribution >= 0.6 is 11.3 Å². The molecule has 0 atom stereocenters. The van der Waals surface area contributed by atoms with Gasteiger partial charge >= 0.3 is 0 Å². The predicted octanol–water partition coefficient (Wildman–Crippen LogP) is 1.13. The maximum absolute atomic E-state index is 5.62. The summed E-state index contributed by atoms with van der Waals surface area (Å²) < 4.78 is 1.64. The number of aromatic nitrogens is 3. The van der Waals surface area contributed by atoms with Gasteiger partial charge in [0.05, 0.1) is 0 Å². The van der Waals surface area contributed by atoms with Crippen LogP contribution in [0.4, 0.5) is 5.82 Å². The van der Waals surface area contributed by atoms with Crippen molar-refractivity contribution >= 4 is 17.2 Å². The van der Waals surface area contributed by atoms with Crippen molar-refractivity contribution < 1.29 is 0 Å². The summed E-state index contributed by atoms with van der Waals surface area (Å²) in [5.74, 6) is 0.653. The number of rotatable bonds is 1. The maximum Gasteiger partial charge on any atom is 0.143 e. The fraction of sp³-hybridized carbons (Fsp3) is 0.143. The Balaban J connectivity index is 2.48. The Kier molecular flexibility index (Phi) is 1.58. The van der Waals surface area contributed by atoms with E-state index < -0.39 is 0 Å². The summed E-state index contributed by atoms with van der Waals surface area (Å²) in [6.45, 7) is 0. The summed E-state index contributed by atoms with van der Waals surface area (Å²) in [4.78, 5) is 4.13. The minimum atomic E-state index is 0.653. The van der Waals surface area contributed by atoms with Gasteiger partial charge in [0.2, 0.25) is 0 Å². The van der Waals surface area contributed by atoms with Crippen LogP contribution in [0.25, 0.3) is 10.7 Å². The van der Waals surface area contributed by atoms with E-state index in [4.69, 9.17) is 5.73 Å². The molecule has 0 bridgehead atoms. The molecule has 0 unspecified atom stereocenters. The first kappa shape index (κ1) is 7.30. The van der Waals surface area contributed by atoms with Crippen LogP contribution in [0.1, 0.15) is 0 Å². The zero-order chi connectivity index (χ0) is 8.55. The third kappa shape index (κ3) is 1.08. The highest BCUT2D eigenvalue weighted by atomic mass is 32.1. The van der Waals surface area contributed by atoms with E-state index in [2.05, 4.69) is 10.1 Å². The van der Waals surface area contributed by atoms with Gasteiger partial charge in [0.25, 0.3) is 0 Å². The zero-order valence-electron chi connectivity index (χ0n) is 6.56. The second-order valence-corrected chi connectivity index (χ2v) is 3.31. The number of nitrogen functional groups attached to an aromatic ring is 1. The average molecular weight is 180 g/mol. The minimum Gasteiger partial charge on any atom is -0.384 e. The second kappa shape index (κ2) is 2.60. The van der Waals surface area contributed by atoms with Gasteiger partial charge < -0.3 is 5.73 Å². The van der Waals surface area contributed by atoms with Gasteiger partial charge in [0.15, 0.2) is 0 Å². The first-order chi connectivity index (χ1) is 5.77. The molecule has 0 aliphatic heterocycles. The molecule has 2 heterocycles. The minimum absolute atomic E-state index is 0.653. The average Bonchev–Trinajstić information content (AvgIpc) is 2.61. The zero-order valence-corrected chi connectivity index (χ0v) is 7.38. The number of aryl methyl sites for hydroxylation is 1. The number of hydrogen-bond donors (Lipinski definition) is 1. The molecule has 0 radical (unpaired) electrons. The van der Waals surface area contributed by atoms with E-state index in [0.29, 0.717) is 5.82 Å². The summed E-state index contributed by atoms with van der Waals surface area (Å²) >= 11 is 1.56. The molecular weight excluding hydrogens is 172 g/mol. The topological polar surface area (TPSA) is 56.7 Å². The Labute approximate surface area is 73.7 Å². The van der Waals surface area contributed by atoms with Crippen LogP contribution in [0.2, 0.25) is 0 Å². The molecule has 2 aromatic heterocycles. The normalized spacial score (nSPS) is 10.4. The molecule has 0 spiro atoms. The lowest BCUT2D eigenvalue weighted by atomic mass is 10.4. The molecule has 0 saturated carbocycles. The summed E-state index contributed by atoms with van der Waals surface area (Å²) in [5.41, 5.74) is 6.46. The number of thiazole rings is 1. The van der Waals surface area contributed by atoms with Crippen LogP contribution in [-0.4, -0.2) is 14.8 Å². The van der Waals surface area contributed by atoms with E-state index in [-0.39, 0.29) is 0 Å². The summed E-state index contributed by atoms with van der Waals surface area (Å²) in [7, 11) is 1.81. The molecule has 0 amide bonds. The number of anilines is 1. The van der Waals surface area contributed by atoms with Crippen LogP contribution in [0.3, 0.4) is 0 Å². The van der Waals surface area contributed by atoms with Gasteiger partial charge in [0.1, 0.15) is 16.5 Å². The molecule has 62 valence electrons. The molecule has 0 fully saturated rings. The molecule has 0 saturated heterocycles. The van der Waals surface area contributed by atoms with Gasteiger partial charge in [-0.25, -0.2) is 4.98 Å². The highest BCUT2D eigenvalue weighted by Gasteiger charge is 2.05. The highest BCUT2D eigenvalue weighted by molar-refractivity contribution is 7.13. The molecule has 5 heteroatoms. The SMILES string of the molecule is Cn1nc(-c2nccs2)cc1N. The highest BCUT2D eigenvalue weighted by Crippen LogP contribution is 2.21. The molecule has 2 N–H and O–H groups in total. The Morgan fingerprint density at radius 1 is 1.58 bits per heavy atom. The summed E-state index contributed by atoms with van der Waals surface area (Å²) in [6.07, 6.45) is 1.75. The molecule has 0 aromatic carbocycles. The largest absolute Gasteiger partial charge is 0.384 e. The smallest absolute Gasteiger partial charge is 0.143 e. The predicted molar refractivity (Wildman–Crippen MR) is 48.7 cm³/mol. The molecular formula is C7H8N4S. The lowest BCUT2D eigenvalue weighted by Gasteiger charge is -1.88. The van der Waals surface area contributed by atoms with Gasteiger partial charge in [-0.2, -0.15) is 5.10 Å². The van der Waals surface area contributed by atoms with Crippen LogP contribution < -0.4 is 5.73 Å². The molecule has 2 rings (SSSR count).